The van der Waals surface area contributed by atoms with E-state index < -0.39 is 0 Å². The van der Waals surface area contributed by atoms with Crippen LogP contribution < -0.4 is 11.1 Å². The summed E-state index contributed by atoms with van der Waals surface area (Å²) in [5.41, 5.74) is 9.41. The molecule has 0 spiro atoms. The van der Waals surface area contributed by atoms with E-state index in [4.69, 9.17) is 5.73 Å². The van der Waals surface area contributed by atoms with Crippen molar-refractivity contribution < 1.29 is 0 Å². The van der Waals surface area contributed by atoms with Crippen LogP contribution in [0.15, 0.2) is 53.8 Å². The van der Waals surface area contributed by atoms with E-state index in [1.165, 1.54) is 0 Å². The van der Waals surface area contributed by atoms with Gasteiger partial charge >= 0.3 is 0 Å². The van der Waals surface area contributed by atoms with Crippen LogP contribution in [0, 0.1) is 11.8 Å². The Morgan fingerprint density at radius 1 is 1.08 bits per heavy atom. The van der Waals surface area contributed by atoms with Crippen LogP contribution in [0.3, 0.4) is 0 Å². The van der Waals surface area contributed by atoms with Gasteiger partial charge in [-0.25, -0.2) is 4.98 Å². The van der Waals surface area contributed by atoms with Crippen LogP contribution in [0.4, 0.5) is 5.82 Å². The molecule has 0 bridgehead atoms. The monoisotopic (exact) mass is 341 g/mol. The van der Waals surface area contributed by atoms with Crippen molar-refractivity contribution in [2.45, 2.75) is 19.4 Å². The lowest BCUT2D eigenvalue weighted by Crippen LogP contribution is -2.39. The molecule has 3 N–H and O–H groups in total. The topological polar surface area (TPSA) is 76.2 Å². The zero-order chi connectivity index (χ0) is 18.1. The summed E-state index contributed by atoms with van der Waals surface area (Å²) in [4.78, 5) is 13.0. The van der Waals surface area contributed by atoms with Gasteiger partial charge in [-0.1, -0.05) is 24.0 Å². The Bertz CT molecular complexity index is 1070. The molecule has 26 heavy (non-hydrogen) atoms. The van der Waals surface area contributed by atoms with Crippen molar-refractivity contribution in [1.82, 2.24) is 15.3 Å². The van der Waals surface area contributed by atoms with Gasteiger partial charge in [0, 0.05) is 28.9 Å². The lowest BCUT2D eigenvalue weighted by Gasteiger charge is -2.18. The predicted octanol–water partition coefficient (Wildman–Crippen LogP) is 2.74. The number of nitrogens with one attached hydrogen (secondary N) is 1. The quantitative estimate of drug-likeness (QED) is 0.667. The zero-order valence-electron chi connectivity index (χ0n) is 14.7. The molecule has 0 fully saturated rings. The number of pyridine rings is 2. The van der Waals surface area contributed by atoms with Crippen molar-refractivity contribution >= 4 is 22.6 Å². The van der Waals surface area contributed by atoms with Gasteiger partial charge in [-0.3, -0.25) is 9.98 Å². The molecule has 1 aromatic carbocycles. The fraction of sp³-hybridized carbons (Fsp3) is 0.190. The maximum absolute atomic E-state index is 5.89. The molecule has 0 saturated heterocycles. The van der Waals surface area contributed by atoms with E-state index in [9.17, 15) is 0 Å². The molecule has 3 heterocycles. The van der Waals surface area contributed by atoms with E-state index in [0.29, 0.717) is 11.3 Å². The maximum atomic E-state index is 5.89. The third kappa shape index (κ3) is 3.09. The van der Waals surface area contributed by atoms with Crippen molar-refractivity contribution in [2.75, 3.05) is 12.3 Å². The van der Waals surface area contributed by atoms with E-state index in [1.807, 2.05) is 36.4 Å². The molecule has 2 aromatic heterocycles. The molecule has 1 aliphatic rings. The van der Waals surface area contributed by atoms with Crippen molar-refractivity contribution in [3.8, 4) is 11.8 Å². The molecule has 0 amide bonds. The molecule has 4 rings (SSSR count). The number of nitrogens with two attached hydrogens (primary N) is 1. The van der Waals surface area contributed by atoms with Gasteiger partial charge in [0.25, 0.3) is 0 Å². The van der Waals surface area contributed by atoms with Gasteiger partial charge in [0.2, 0.25) is 0 Å². The highest BCUT2D eigenvalue weighted by Gasteiger charge is 2.25. The van der Waals surface area contributed by atoms with E-state index in [2.05, 4.69) is 46.0 Å². The standard InChI is InChI=1S/C21H19N5/c1-21(2)13-25-20(26-21)15-8-5-14(6-9-15)7-10-16-12-24-19(22)18-17(16)4-3-11-23-18/h3-6,8-9,11-12H,13H2,1-2H3,(H2,22,24)(H,25,26). The largest absolute Gasteiger partial charge is 0.382 e. The van der Waals surface area contributed by atoms with Crippen LogP contribution in [0.5, 0.6) is 0 Å². The molecule has 128 valence electrons. The summed E-state index contributed by atoms with van der Waals surface area (Å²) < 4.78 is 0. The Morgan fingerprint density at radius 2 is 1.88 bits per heavy atom. The van der Waals surface area contributed by atoms with Gasteiger partial charge in [0.1, 0.15) is 17.2 Å². The van der Waals surface area contributed by atoms with E-state index >= 15 is 0 Å². The van der Waals surface area contributed by atoms with Gasteiger partial charge < -0.3 is 11.1 Å². The van der Waals surface area contributed by atoms with Crippen LogP contribution in [0.1, 0.15) is 30.5 Å². The number of nitrogens with zero attached hydrogens (tertiary/aromatic N) is 3. The smallest absolute Gasteiger partial charge is 0.150 e. The predicted molar refractivity (Wildman–Crippen MR) is 105 cm³/mol. The Hall–Kier alpha value is -3.39. The Morgan fingerprint density at radius 3 is 2.62 bits per heavy atom. The number of hydrogen-bond donors (Lipinski definition) is 2. The molecule has 5 heteroatoms. The lowest BCUT2D eigenvalue weighted by atomic mass is 10.1. The first-order chi connectivity index (χ1) is 12.5. The molecular formula is C21H19N5. The SMILES string of the molecule is CC1(C)CN=C(c2ccc(C#Cc3cnc(N)c4ncccc34)cc2)N1. The molecule has 1 aliphatic heterocycles. The highest BCUT2D eigenvalue weighted by atomic mass is 15.1. The Balaban J connectivity index is 1.61. The van der Waals surface area contributed by atoms with E-state index in [0.717, 1.165) is 34.5 Å². The molecule has 3 aromatic rings. The highest BCUT2D eigenvalue weighted by molar-refractivity contribution is 6.00. The number of fused-ring (bicyclic) bond motifs is 1. The van der Waals surface area contributed by atoms with Crippen molar-refractivity contribution in [1.29, 1.82) is 0 Å². The average molecular weight is 341 g/mol. The Kier molecular flexibility index (Phi) is 3.81. The second kappa shape index (κ2) is 6.16. The molecule has 0 aliphatic carbocycles. The average Bonchev–Trinajstić information content (AvgIpc) is 3.02. The Labute approximate surface area is 152 Å². The first-order valence-corrected chi connectivity index (χ1v) is 8.46. The summed E-state index contributed by atoms with van der Waals surface area (Å²) in [6, 6.07) is 11.9. The molecular weight excluding hydrogens is 322 g/mol. The first-order valence-electron chi connectivity index (χ1n) is 8.46. The van der Waals surface area contributed by atoms with Crippen LogP contribution in [0.25, 0.3) is 10.9 Å². The summed E-state index contributed by atoms with van der Waals surface area (Å²) in [7, 11) is 0. The van der Waals surface area contributed by atoms with Crippen LogP contribution >= 0.6 is 0 Å². The highest BCUT2D eigenvalue weighted by Crippen LogP contribution is 2.19. The summed E-state index contributed by atoms with van der Waals surface area (Å²) in [5, 5.41) is 4.35. The minimum Gasteiger partial charge on any atom is -0.382 e. The van der Waals surface area contributed by atoms with Crippen molar-refractivity contribution in [3.05, 3.63) is 65.5 Å². The molecule has 5 nitrogen and oxygen atoms in total. The molecule has 0 radical (unpaired) electrons. The number of anilines is 1. The summed E-state index contributed by atoms with van der Waals surface area (Å²) in [5.74, 6) is 7.73. The van der Waals surface area contributed by atoms with Crippen molar-refractivity contribution in [3.63, 3.8) is 0 Å². The molecule has 0 saturated carbocycles. The second-order valence-corrected chi connectivity index (χ2v) is 6.96. The molecule has 0 atom stereocenters. The fourth-order valence-electron chi connectivity index (χ4n) is 2.88. The van der Waals surface area contributed by atoms with E-state index in [-0.39, 0.29) is 5.54 Å². The summed E-state index contributed by atoms with van der Waals surface area (Å²) in [6.45, 7) is 5.07. The van der Waals surface area contributed by atoms with Crippen LogP contribution in [0.2, 0.25) is 0 Å². The normalized spacial score (nSPS) is 15.1. The van der Waals surface area contributed by atoms with Crippen LogP contribution in [-0.2, 0) is 0 Å². The number of hydrogen-bond acceptors (Lipinski definition) is 5. The number of benzene rings is 1. The third-order valence-corrected chi connectivity index (χ3v) is 4.26. The minimum absolute atomic E-state index is 0.0189. The number of rotatable bonds is 1. The van der Waals surface area contributed by atoms with Gasteiger partial charge in [-0.15, -0.1) is 0 Å². The van der Waals surface area contributed by atoms with Gasteiger partial charge in [-0.05, 0) is 38.1 Å². The second-order valence-electron chi connectivity index (χ2n) is 6.96. The number of amidine groups is 1. The summed E-state index contributed by atoms with van der Waals surface area (Å²) in [6.07, 6.45) is 3.40. The first kappa shape index (κ1) is 16.1. The number of nitrogen functional groups attached to an aromatic ring is 1. The van der Waals surface area contributed by atoms with E-state index in [1.54, 1.807) is 12.4 Å². The third-order valence-electron chi connectivity index (χ3n) is 4.26. The minimum atomic E-state index is 0.0189. The fourth-order valence-corrected chi connectivity index (χ4v) is 2.88. The van der Waals surface area contributed by atoms with Gasteiger partial charge in [-0.2, -0.15) is 0 Å². The zero-order valence-corrected chi connectivity index (χ0v) is 14.7. The number of aliphatic imine (C=N–C) groups is 1. The maximum Gasteiger partial charge on any atom is 0.150 e. The number of aromatic nitrogens is 2. The van der Waals surface area contributed by atoms with Crippen molar-refractivity contribution in [2.24, 2.45) is 4.99 Å². The van der Waals surface area contributed by atoms with Gasteiger partial charge in [0.05, 0.1) is 17.6 Å². The lowest BCUT2D eigenvalue weighted by molar-refractivity contribution is 0.506. The van der Waals surface area contributed by atoms with Crippen LogP contribution in [-0.4, -0.2) is 27.9 Å². The molecule has 0 unspecified atom stereocenters. The summed E-state index contributed by atoms with van der Waals surface area (Å²) >= 11 is 0. The van der Waals surface area contributed by atoms with Gasteiger partial charge in [0.15, 0.2) is 0 Å².